The minimum atomic E-state index is -0.261. The summed E-state index contributed by atoms with van der Waals surface area (Å²) in [7, 11) is 0. The first-order valence-corrected chi connectivity index (χ1v) is 5.59. The first-order chi connectivity index (χ1) is 6.54. The highest BCUT2D eigenvalue weighted by atomic mass is 16.3. The van der Waals surface area contributed by atoms with Gasteiger partial charge in [-0.25, -0.2) is 0 Å². The van der Waals surface area contributed by atoms with Crippen LogP contribution >= 0.6 is 0 Å². The van der Waals surface area contributed by atoms with Gasteiger partial charge in [-0.1, -0.05) is 25.2 Å². The van der Waals surface area contributed by atoms with Gasteiger partial charge in [0.05, 0.1) is 6.10 Å². The fourth-order valence-corrected chi connectivity index (χ4v) is 3.77. The Balaban J connectivity index is 2.08. The van der Waals surface area contributed by atoms with Gasteiger partial charge in [-0.15, -0.1) is 0 Å². The number of hydrogen-bond donors (Lipinski definition) is 1. The van der Waals surface area contributed by atoms with Crippen LogP contribution in [-0.2, 0) is 0 Å². The van der Waals surface area contributed by atoms with Crippen LogP contribution in [0, 0.1) is 23.2 Å². The van der Waals surface area contributed by atoms with Crippen LogP contribution in [-0.4, -0.2) is 11.2 Å². The largest absolute Gasteiger partial charge is 0.389 e. The molecule has 0 aromatic heterocycles. The van der Waals surface area contributed by atoms with Crippen molar-refractivity contribution >= 4 is 0 Å². The van der Waals surface area contributed by atoms with Gasteiger partial charge >= 0.3 is 0 Å². The highest BCUT2D eigenvalue weighted by Gasteiger charge is 2.64. The Morgan fingerprint density at radius 2 is 2.29 bits per heavy atom. The van der Waals surface area contributed by atoms with E-state index < -0.39 is 0 Å². The van der Waals surface area contributed by atoms with Crippen LogP contribution in [0.25, 0.3) is 0 Å². The number of fused-ring (bicyclic) bond motifs is 2. The molecule has 0 saturated heterocycles. The van der Waals surface area contributed by atoms with Crippen LogP contribution in [0.5, 0.6) is 0 Å². The van der Waals surface area contributed by atoms with Crippen molar-refractivity contribution in [2.75, 3.05) is 0 Å². The number of aliphatic hydroxyl groups excluding tert-OH is 1. The van der Waals surface area contributed by atoms with Crippen molar-refractivity contribution in [3.05, 3.63) is 23.8 Å². The lowest BCUT2D eigenvalue weighted by atomic mass is 9.81. The van der Waals surface area contributed by atoms with E-state index in [1.165, 1.54) is 12.0 Å². The molecular weight excluding hydrogens is 172 g/mol. The Bertz CT molecular complexity index is 341. The summed E-state index contributed by atoms with van der Waals surface area (Å²) in [6.07, 6.45) is 4.35. The van der Waals surface area contributed by atoms with Crippen LogP contribution in [0.2, 0.25) is 0 Å². The minimum Gasteiger partial charge on any atom is -0.389 e. The lowest BCUT2D eigenvalue weighted by molar-refractivity contribution is 0.165. The first kappa shape index (κ1) is 8.72. The maximum absolute atomic E-state index is 10.0. The van der Waals surface area contributed by atoms with Crippen LogP contribution in [0.3, 0.4) is 0 Å². The monoisotopic (exact) mass is 190 g/mol. The molecule has 3 aliphatic rings. The minimum absolute atomic E-state index is 0.261. The molecule has 1 heteroatoms. The average molecular weight is 190 g/mol. The van der Waals surface area contributed by atoms with Crippen molar-refractivity contribution in [3.8, 4) is 0 Å². The molecule has 2 fully saturated rings. The molecular formula is C13H18O. The van der Waals surface area contributed by atoms with Gasteiger partial charge in [0.25, 0.3) is 0 Å². The van der Waals surface area contributed by atoms with Gasteiger partial charge in [-0.05, 0) is 42.6 Å². The predicted molar refractivity (Wildman–Crippen MR) is 56.7 cm³/mol. The molecule has 0 aromatic carbocycles. The summed E-state index contributed by atoms with van der Waals surface area (Å²) in [5, 5.41) is 10.0. The molecule has 1 N–H and O–H groups in total. The SMILES string of the molecule is C=C1C(O)CC2(C)C3C=C(C)C1CC32. The highest BCUT2D eigenvalue weighted by molar-refractivity contribution is 5.35. The zero-order valence-electron chi connectivity index (χ0n) is 8.96. The van der Waals surface area contributed by atoms with E-state index in [2.05, 4.69) is 26.5 Å². The van der Waals surface area contributed by atoms with E-state index in [9.17, 15) is 5.11 Å². The van der Waals surface area contributed by atoms with E-state index in [1.54, 1.807) is 0 Å². The summed E-state index contributed by atoms with van der Waals surface area (Å²) >= 11 is 0. The molecule has 0 spiro atoms. The van der Waals surface area contributed by atoms with Gasteiger partial charge in [0.1, 0.15) is 0 Å². The van der Waals surface area contributed by atoms with E-state index in [1.807, 2.05) is 0 Å². The summed E-state index contributed by atoms with van der Waals surface area (Å²) in [6, 6.07) is 0. The second-order valence-electron chi connectivity index (χ2n) is 5.63. The second kappa shape index (κ2) is 2.33. The summed E-state index contributed by atoms with van der Waals surface area (Å²) in [4.78, 5) is 0. The molecule has 0 amide bonds. The molecule has 1 nitrogen and oxygen atoms in total. The third-order valence-corrected chi connectivity index (χ3v) is 4.92. The molecule has 5 unspecified atom stereocenters. The maximum Gasteiger partial charge on any atom is 0.0758 e. The number of hydrogen-bond acceptors (Lipinski definition) is 1. The van der Waals surface area contributed by atoms with Gasteiger partial charge < -0.3 is 5.11 Å². The lowest BCUT2D eigenvalue weighted by Gasteiger charge is -2.27. The molecule has 0 heterocycles. The number of rotatable bonds is 0. The molecule has 3 rings (SSSR count). The van der Waals surface area contributed by atoms with Gasteiger partial charge in [0, 0.05) is 5.92 Å². The zero-order valence-corrected chi connectivity index (χ0v) is 8.96. The predicted octanol–water partition coefficient (Wildman–Crippen LogP) is 2.53. The molecule has 14 heavy (non-hydrogen) atoms. The lowest BCUT2D eigenvalue weighted by Crippen LogP contribution is -2.22. The summed E-state index contributed by atoms with van der Waals surface area (Å²) in [5.74, 6) is 2.04. The van der Waals surface area contributed by atoms with E-state index in [-0.39, 0.29) is 6.10 Å². The van der Waals surface area contributed by atoms with Gasteiger partial charge in [-0.2, -0.15) is 0 Å². The first-order valence-electron chi connectivity index (χ1n) is 5.59. The fraction of sp³-hybridized carbons (Fsp3) is 0.692. The van der Waals surface area contributed by atoms with Crippen LogP contribution < -0.4 is 0 Å². The van der Waals surface area contributed by atoms with Crippen molar-refractivity contribution in [1.82, 2.24) is 0 Å². The van der Waals surface area contributed by atoms with E-state index in [0.717, 1.165) is 23.8 Å². The van der Waals surface area contributed by atoms with Crippen LogP contribution in [0.1, 0.15) is 26.7 Å². The standard InChI is InChI=1S/C13H18O/c1-7-4-10-11-5-9(7)8(2)12(14)6-13(10,11)3/h4,9-12,14H,2,5-6H2,1,3H3. The smallest absolute Gasteiger partial charge is 0.0758 e. The third-order valence-electron chi connectivity index (χ3n) is 4.92. The van der Waals surface area contributed by atoms with E-state index in [4.69, 9.17) is 0 Å². The van der Waals surface area contributed by atoms with Crippen molar-refractivity contribution in [2.45, 2.75) is 32.8 Å². The second-order valence-corrected chi connectivity index (χ2v) is 5.63. The van der Waals surface area contributed by atoms with Gasteiger partial charge in [0.2, 0.25) is 0 Å². The molecule has 76 valence electrons. The summed E-state index contributed by atoms with van der Waals surface area (Å²) < 4.78 is 0. The molecule has 0 radical (unpaired) electrons. The fourth-order valence-electron chi connectivity index (χ4n) is 3.77. The van der Waals surface area contributed by atoms with Crippen molar-refractivity contribution in [3.63, 3.8) is 0 Å². The Kier molecular flexibility index (Phi) is 1.45. The van der Waals surface area contributed by atoms with Crippen LogP contribution in [0.4, 0.5) is 0 Å². The molecule has 2 bridgehead atoms. The van der Waals surface area contributed by atoms with Crippen LogP contribution in [0.15, 0.2) is 23.8 Å². The Labute approximate surface area is 85.5 Å². The molecule has 2 saturated carbocycles. The zero-order chi connectivity index (χ0) is 10.1. The van der Waals surface area contributed by atoms with Gasteiger partial charge in [0.15, 0.2) is 0 Å². The van der Waals surface area contributed by atoms with Crippen molar-refractivity contribution in [1.29, 1.82) is 0 Å². The highest BCUT2D eigenvalue weighted by Crippen LogP contribution is 2.69. The average Bonchev–Trinajstić information content (AvgIpc) is 2.69. The third kappa shape index (κ3) is 0.844. The summed E-state index contributed by atoms with van der Waals surface area (Å²) in [5.41, 5.74) is 2.89. The van der Waals surface area contributed by atoms with Crippen molar-refractivity contribution < 1.29 is 5.11 Å². The molecule has 0 aliphatic heterocycles. The molecule has 0 aromatic rings. The van der Waals surface area contributed by atoms with Gasteiger partial charge in [-0.3, -0.25) is 0 Å². The number of aliphatic hydroxyl groups is 1. The maximum atomic E-state index is 10.0. The summed E-state index contributed by atoms with van der Waals surface area (Å²) in [6.45, 7) is 8.60. The quantitative estimate of drug-likeness (QED) is 0.582. The topological polar surface area (TPSA) is 20.2 Å². The Morgan fingerprint density at radius 3 is 3.00 bits per heavy atom. The number of allylic oxidation sites excluding steroid dienone is 2. The normalized spacial score (nSPS) is 55.1. The molecule has 3 aliphatic carbocycles. The molecule has 5 atom stereocenters. The van der Waals surface area contributed by atoms with E-state index in [0.29, 0.717) is 11.3 Å². The van der Waals surface area contributed by atoms with E-state index >= 15 is 0 Å². The Hall–Kier alpha value is -0.560. The Morgan fingerprint density at radius 1 is 1.57 bits per heavy atom. The van der Waals surface area contributed by atoms with Crippen molar-refractivity contribution in [2.24, 2.45) is 23.2 Å².